The van der Waals surface area contributed by atoms with E-state index in [0.29, 0.717) is 22.7 Å². The molecule has 0 fully saturated rings. The lowest BCUT2D eigenvalue weighted by Crippen LogP contribution is -1.98. The molecule has 5 nitrogen and oxygen atoms in total. The van der Waals surface area contributed by atoms with E-state index in [-0.39, 0.29) is 5.69 Å². The molecule has 0 spiro atoms. The Morgan fingerprint density at radius 2 is 2.07 bits per heavy atom. The third-order valence-corrected chi connectivity index (χ3v) is 4.52. The van der Waals surface area contributed by atoms with Gasteiger partial charge in [-0.15, -0.1) is 0 Å². The van der Waals surface area contributed by atoms with Crippen molar-refractivity contribution in [3.8, 4) is 11.1 Å². The normalized spacial score (nSPS) is 11.5. The maximum absolute atomic E-state index is 14.3. The van der Waals surface area contributed by atoms with Gasteiger partial charge in [-0.2, -0.15) is 5.10 Å². The van der Waals surface area contributed by atoms with Crippen LogP contribution in [-0.2, 0) is 11.8 Å². The molecule has 1 heterocycles. The Balaban J connectivity index is 2.11. The van der Waals surface area contributed by atoms with Gasteiger partial charge in [-0.25, -0.2) is 9.18 Å². The average Bonchev–Trinajstić information content (AvgIpc) is 3.08. The van der Waals surface area contributed by atoms with Gasteiger partial charge in [-0.3, -0.25) is 4.68 Å². The molecule has 0 aliphatic heterocycles. The summed E-state index contributed by atoms with van der Waals surface area (Å²) in [7, 11) is 1.81. The highest BCUT2D eigenvalue weighted by atomic mass is 35.5. The van der Waals surface area contributed by atoms with Crippen LogP contribution in [0.1, 0.15) is 18.9 Å². The summed E-state index contributed by atoms with van der Waals surface area (Å²) in [5.74, 6) is -1.49. The summed E-state index contributed by atoms with van der Waals surface area (Å²) in [4.78, 5) is 11.1. The average molecular weight is 400 g/mol. The second kappa shape index (κ2) is 8.27. The van der Waals surface area contributed by atoms with Gasteiger partial charge >= 0.3 is 5.97 Å². The van der Waals surface area contributed by atoms with Gasteiger partial charge in [-0.1, -0.05) is 30.7 Å². The molecule has 0 atom stereocenters. The van der Waals surface area contributed by atoms with Crippen molar-refractivity contribution >= 4 is 34.5 Å². The fourth-order valence-corrected chi connectivity index (χ4v) is 3.09. The van der Waals surface area contributed by atoms with Gasteiger partial charge < -0.3 is 10.4 Å². The van der Waals surface area contributed by atoms with Crippen LogP contribution in [0.2, 0.25) is 5.02 Å². The maximum atomic E-state index is 14.3. The third-order valence-electron chi connectivity index (χ3n) is 4.29. The Labute approximate surface area is 167 Å². The number of aliphatic carboxylic acids is 1. The number of carboxylic acids is 1. The van der Waals surface area contributed by atoms with E-state index in [1.54, 1.807) is 23.0 Å². The zero-order chi connectivity index (χ0) is 20.3. The largest absolute Gasteiger partial charge is 0.478 e. The summed E-state index contributed by atoms with van der Waals surface area (Å²) in [6.07, 6.45) is 5.30. The predicted molar refractivity (Wildman–Crippen MR) is 109 cm³/mol. The van der Waals surface area contributed by atoms with Crippen molar-refractivity contribution in [2.24, 2.45) is 7.05 Å². The number of rotatable bonds is 6. The Kier molecular flexibility index (Phi) is 5.80. The summed E-state index contributed by atoms with van der Waals surface area (Å²) >= 11 is 5.84. The van der Waals surface area contributed by atoms with Gasteiger partial charge in [0.05, 0.1) is 11.9 Å². The van der Waals surface area contributed by atoms with Crippen molar-refractivity contribution in [2.75, 3.05) is 5.32 Å². The SMILES string of the molecule is CC/C(=C\C(=O)O)c1ccc(-c2cnn(C)c2)c(Nc2ccc(Cl)cc2F)c1. The Morgan fingerprint density at radius 3 is 2.68 bits per heavy atom. The number of benzene rings is 2. The van der Waals surface area contributed by atoms with Crippen LogP contribution in [0.4, 0.5) is 15.8 Å². The van der Waals surface area contributed by atoms with Gasteiger partial charge in [0.1, 0.15) is 5.82 Å². The van der Waals surface area contributed by atoms with Crippen molar-refractivity contribution < 1.29 is 14.3 Å². The number of aryl methyl sites for hydroxylation is 1. The minimum atomic E-state index is -1.01. The number of hydrogen-bond acceptors (Lipinski definition) is 3. The predicted octanol–water partition coefficient (Wildman–Crippen LogP) is 5.50. The van der Waals surface area contributed by atoms with Crippen LogP contribution >= 0.6 is 11.6 Å². The van der Waals surface area contributed by atoms with Crippen LogP contribution in [0.15, 0.2) is 54.9 Å². The van der Waals surface area contributed by atoms with Crippen LogP contribution in [0, 0.1) is 5.82 Å². The number of nitrogens with zero attached hydrogens (tertiary/aromatic N) is 2. The van der Waals surface area contributed by atoms with E-state index in [0.717, 1.165) is 16.7 Å². The molecule has 0 unspecified atom stereocenters. The van der Waals surface area contributed by atoms with E-state index in [1.807, 2.05) is 38.4 Å². The number of halogens is 2. The van der Waals surface area contributed by atoms with Crippen LogP contribution in [0.5, 0.6) is 0 Å². The summed E-state index contributed by atoms with van der Waals surface area (Å²) in [5.41, 5.74) is 3.99. The smallest absolute Gasteiger partial charge is 0.328 e. The zero-order valence-corrected chi connectivity index (χ0v) is 16.2. The number of nitrogens with one attached hydrogen (secondary N) is 1. The monoisotopic (exact) mass is 399 g/mol. The van der Waals surface area contributed by atoms with E-state index in [9.17, 15) is 9.18 Å². The number of aromatic nitrogens is 2. The minimum Gasteiger partial charge on any atom is -0.478 e. The first-order valence-electron chi connectivity index (χ1n) is 8.66. The second-order valence-electron chi connectivity index (χ2n) is 6.27. The number of carbonyl (C=O) groups is 1. The van der Waals surface area contributed by atoms with Crippen molar-refractivity contribution in [1.29, 1.82) is 0 Å². The highest BCUT2D eigenvalue weighted by Crippen LogP contribution is 2.34. The van der Waals surface area contributed by atoms with Crippen LogP contribution in [0.25, 0.3) is 16.7 Å². The van der Waals surface area contributed by atoms with Gasteiger partial charge in [0.25, 0.3) is 0 Å². The molecule has 3 aromatic rings. The summed E-state index contributed by atoms with van der Waals surface area (Å²) in [6.45, 7) is 1.88. The first-order chi connectivity index (χ1) is 13.4. The quantitative estimate of drug-likeness (QED) is 0.537. The van der Waals surface area contributed by atoms with Gasteiger partial charge in [-0.05, 0) is 41.8 Å². The molecular weight excluding hydrogens is 381 g/mol. The first kappa shape index (κ1) is 19.6. The molecule has 0 saturated carbocycles. The number of allylic oxidation sites excluding steroid dienone is 1. The lowest BCUT2D eigenvalue weighted by Gasteiger charge is -2.15. The Hall–Kier alpha value is -3.12. The molecule has 144 valence electrons. The lowest BCUT2D eigenvalue weighted by molar-refractivity contribution is -0.131. The van der Waals surface area contributed by atoms with Crippen molar-refractivity contribution in [3.05, 3.63) is 71.3 Å². The van der Waals surface area contributed by atoms with E-state index in [2.05, 4.69) is 10.4 Å². The Bertz CT molecular complexity index is 1060. The van der Waals surface area contributed by atoms with E-state index >= 15 is 0 Å². The first-order valence-corrected chi connectivity index (χ1v) is 9.04. The summed E-state index contributed by atoms with van der Waals surface area (Å²) in [5, 5.41) is 16.7. The summed E-state index contributed by atoms with van der Waals surface area (Å²) in [6, 6.07) is 9.93. The van der Waals surface area contributed by atoms with E-state index < -0.39 is 11.8 Å². The zero-order valence-electron chi connectivity index (χ0n) is 15.4. The number of carboxylic acid groups (broad SMARTS) is 1. The number of hydrogen-bond donors (Lipinski definition) is 2. The van der Waals surface area contributed by atoms with Gasteiger partial charge in [0.15, 0.2) is 0 Å². The topological polar surface area (TPSA) is 67.1 Å². The van der Waals surface area contributed by atoms with Crippen molar-refractivity contribution in [1.82, 2.24) is 9.78 Å². The lowest BCUT2D eigenvalue weighted by atomic mass is 9.98. The molecule has 7 heteroatoms. The molecular formula is C21H19ClFN3O2. The molecule has 3 rings (SSSR count). The highest BCUT2D eigenvalue weighted by Gasteiger charge is 2.13. The van der Waals surface area contributed by atoms with E-state index in [1.165, 1.54) is 12.1 Å². The molecule has 0 amide bonds. The van der Waals surface area contributed by atoms with Crippen LogP contribution in [-0.4, -0.2) is 20.9 Å². The molecule has 28 heavy (non-hydrogen) atoms. The van der Waals surface area contributed by atoms with Crippen LogP contribution < -0.4 is 5.32 Å². The molecule has 1 aromatic heterocycles. The molecule has 2 aromatic carbocycles. The molecule has 2 N–H and O–H groups in total. The second-order valence-corrected chi connectivity index (χ2v) is 6.71. The number of anilines is 2. The van der Waals surface area contributed by atoms with Gasteiger partial charge in [0.2, 0.25) is 0 Å². The molecule has 0 saturated heterocycles. The minimum absolute atomic E-state index is 0.270. The Morgan fingerprint density at radius 1 is 1.29 bits per heavy atom. The fourth-order valence-electron chi connectivity index (χ4n) is 2.93. The van der Waals surface area contributed by atoms with Crippen LogP contribution in [0.3, 0.4) is 0 Å². The summed E-state index contributed by atoms with van der Waals surface area (Å²) < 4.78 is 16.0. The highest BCUT2D eigenvalue weighted by molar-refractivity contribution is 6.30. The van der Waals surface area contributed by atoms with Crippen molar-refractivity contribution in [3.63, 3.8) is 0 Å². The standard InChI is InChI=1S/C21H19ClFN3O2/c1-3-13(9-21(27)28)14-4-6-17(15-11-24-26(2)12-15)20(8-14)25-19-7-5-16(22)10-18(19)23/h4-12,25H,3H2,1-2H3,(H,27,28)/b13-9+. The van der Waals surface area contributed by atoms with Crippen molar-refractivity contribution in [2.45, 2.75) is 13.3 Å². The molecule has 0 aliphatic rings. The third kappa shape index (κ3) is 4.40. The molecule has 0 radical (unpaired) electrons. The maximum Gasteiger partial charge on any atom is 0.328 e. The molecule has 0 aliphatic carbocycles. The fraction of sp³-hybridized carbons (Fsp3) is 0.143. The van der Waals surface area contributed by atoms with E-state index in [4.69, 9.17) is 16.7 Å². The van der Waals surface area contributed by atoms with Gasteiger partial charge in [0, 0.05) is 41.2 Å². The molecule has 0 bridgehead atoms.